The van der Waals surface area contributed by atoms with Crippen LogP contribution in [0.1, 0.15) is 106 Å². The fraction of sp³-hybridized carbons (Fsp3) is 0.511. The summed E-state index contributed by atoms with van der Waals surface area (Å²) in [6, 6.07) is 15.2. The van der Waals surface area contributed by atoms with Crippen molar-refractivity contribution in [3.63, 3.8) is 0 Å². The molecule has 2 spiro atoms. The van der Waals surface area contributed by atoms with Crippen LogP contribution in [0.3, 0.4) is 0 Å². The molecule has 6 heterocycles. The average Bonchev–Trinajstić information content (AvgIpc) is 3.71. The topological polar surface area (TPSA) is 88.0 Å². The van der Waals surface area contributed by atoms with Crippen molar-refractivity contribution in [1.29, 1.82) is 0 Å². The van der Waals surface area contributed by atoms with Crippen LogP contribution in [0.15, 0.2) is 53.3 Å². The van der Waals surface area contributed by atoms with Crippen LogP contribution in [0, 0.1) is 17.6 Å². The standard InChI is InChI=1S/C45H48ClF2N5O4/c46-33-6-4-7-37-40(33)42(56)49-43-45(14-2-1-3-15-45)32-22-30(10-11-36(32)52(37)43)29-12-18-50(19-13-29)26-28-25-44(57-27-28)16-20-51(21-17-44)31-23-34(47)41(35(48)24-31)53-38(54)8-5-9-39(53)55/h4,6-7,10-11,22-24,28-29H,1-3,5,8-9,12-21,25-27H2. The number of hydrogen-bond donors (Lipinski definition) is 0. The summed E-state index contributed by atoms with van der Waals surface area (Å²) in [5, 5.41) is 0.937. The van der Waals surface area contributed by atoms with E-state index in [1.165, 1.54) is 29.7 Å². The highest BCUT2D eigenvalue weighted by molar-refractivity contribution is 6.35. The lowest BCUT2D eigenvalue weighted by molar-refractivity contribution is -0.129. The monoisotopic (exact) mass is 795 g/mol. The van der Waals surface area contributed by atoms with Gasteiger partial charge in [-0.3, -0.25) is 19.0 Å². The lowest BCUT2D eigenvalue weighted by atomic mass is 9.69. The van der Waals surface area contributed by atoms with Gasteiger partial charge >= 0.3 is 0 Å². The molecule has 3 aromatic carbocycles. The Labute approximate surface area is 335 Å². The fourth-order valence-corrected chi connectivity index (χ4v) is 11.5. The van der Waals surface area contributed by atoms with Gasteiger partial charge in [-0.15, -0.1) is 0 Å². The smallest absolute Gasteiger partial charge is 0.282 e. The number of carbonyl (C=O) groups is 2. The van der Waals surface area contributed by atoms with Gasteiger partial charge in [0.05, 0.1) is 39.2 Å². The van der Waals surface area contributed by atoms with Crippen molar-refractivity contribution in [2.75, 3.05) is 49.1 Å². The number of ether oxygens (including phenoxy) is 1. The first kappa shape index (κ1) is 37.1. The van der Waals surface area contributed by atoms with Gasteiger partial charge in [-0.1, -0.05) is 49.1 Å². The van der Waals surface area contributed by atoms with Crippen LogP contribution in [0.2, 0.25) is 5.02 Å². The van der Waals surface area contributed by atoms with Crippen LogP contribution < -0.4 is 15.4 Å². The molecule has 2 amide bonds. The molecule has 1 saturated carbocycles. The number of piperidine rings is 3. The number of benzene rings is 3. The Morgan fingerprint density at radius 3 is 2.28 bits per heavy atom. The summed E-state index contributed by atoms with van der Waals surface area (Å²) in [7, 11) is 0. The van der Waals surface area contributed by atoms with Crippen molar-refractivity contribution in [3.8, 4) is 5.69 Å². The Hall–Kier alpha value is -4.19. The van der Waals surface area contributed by atoms with Crippen LogP contribution >= 0.6 is 11.6 Å². The molecule has 57 heavy (non-hydrogen) atoms. The molecule has 1 aliphatic carbocycles. The number of halogens is 3. The summed E-state index contributed by atoms with van der Waals surface area (Å²) < 4.78 is 39.3. The highest BCUT2D eigenvalue weighted by Gasteiger charge is 2.47. The van der Waals surface area contributed by atoms with E-state index in [2.05, 4.69) is 27.7 Å². The molecule has 1 unspecified atom stereocenters. The van der Waals surface area contributed by atoms with Crippen molar-refractivity contribution in [2.45, 2.75) is 100 Å². The molecule has 6 aliphatic rings. The number of fused-ring (bicyclic) bond motifs is 7. The number of carbonyl (C=O) groups excluding carboxylic acids is 2. The second kappa shape index (κ2) is 14.3. The van der Waals surface area contributed by atoms with Gasteiger partial charge in [-0.2, -0.15) is 4.98 Å². The minimum Gasteiger partial charge on any atom is -0.375 e. The maximum Gasteiger partial charge on any atom is 0.282 e. The minimum absolute atomic E-state index is 0.102. The quantitative estimate of drug-likeness (QED) is 0.189. The largest absolute Gasteiger partial charge is 0.375 e. The minimum atomic E-state index is -0.889. The third kappa shape index (κ3) is 6.22. The number of hydrogen-bond acceptors (Lipinski definition) is 7. The first-order chi connectivity index (χ1) is 27.6. The van der Waals surface area contributed by atoms with E-state index in [9.17, 15) is 14.4 Å². The molecule has 1 atom stereocenters. The predicted octanol–water partition coefficient (Wildman–Crippen LogP) is 8.18. The first-order valence-corrected chi connectivity index (χ1v) is 21.3. The van der Waals surface area contributed by atoms with Gasteiger partial charge in [-0.25, -0.2) is 13.7 Å². The maximum absolute atomic E-state index is 15.3. The molecule has 12 heteroatoms. The van der Waals surface area contributed by atoms with E-state index in [0.717, 1.165) is 101 Å². The third-order valence-electron chi connectivity index (χ3n) is 14.2. The normalized spacial score (nSPS) is 23.5. The van der Waals surface area contributed by atoms with Crippen molar-refractivity contribution in [2.24, 2.45) is 5.92 Å². The Kier molecular flexibility index (Phi) is 9.29. The van der Waals surface area contributed by atoms with Crippen LogP contribution in [0.4, 0.5) is 20.2 Å². The highest BCUT2D eigenvalue weighted by Crippen LogP contribution is 2.52. The van der Waals surface area contributed by atoms with Gasteiger partial charge in [0.2, 0.25) is 11.8 Å². The van der Waals surface area contributed by atoms with Gasteiger partial charge in [0.25, 0.3) is 5.56 Å². The number of nitrogens with zero attached hydrogens (tertiary/aromatic N) is 5. The van der Waals surface area contributed by atoms with E-state index in [4.69, 9.17) is 21.3 Å². The van der Waals surface area contributed by atoms with Crippen LogP contribution in [0.5, 0.6) is 0 Å². The zero-order valence-corrected chi connectivity index (χ0v) is 33.0. The average molecular weight is 796 g/mol. The van der Waals surface area contributed by atoms with Gasteiger partial charge in [0, 0.05) is 38.2 Å². The summed E-state index contributed by atoms with van der Waals surface area (Å²) in [5.74, 6) is -1.12. The lowest BCUT2D eigenvalue weighted by Gasteiger charge is -2.40. The molecule has 5 fully saturated rings. The molecule has 0 N–H and O–H groups in total. The second-order valence-corrected chi connectivity index (χ2v) is 17.9. The number of imide groups is 1. The number of likely N-dealkylation sites (tertiary alicyclic amines) is 1. The van der Waals surface area contributed by atoms with E-state index in [1.54, 1.807) is 6.07 Å². The zero-order valence-electron chi connectivity index (χ0n) is 32.2. The molecule has 0 bridgehead atoms. The summed E-state index contributed by atoms with van der Waals surface area (Å²) in [5.41, 5.74) is 3.83. The number of anilines is 2. The highest BCUT2D eigenvalue weighted by atomic mass is 35.5. The van der Waals surface area contributed by atoms with Crippen LogP contribution in [-0.4, -0.2) is 71.2 Å². The molecule has 9 nitrogen and oxygen atoms in total. The van der Waals surface area contributed by atoms with Gasteiger partial charge in [0.1, 0.15) is 11.5 Å². The molecule has 4 aromatic rings. The fourth-order valence-electron chi connectivity index (χ4n) is 11.3. The molecule has 298 valence electrons. The van der Waals surface area contributed by atoms with E-state index in [-0.39, 0.29) is 29.4 Å². The van der Waals surface area contributed by atoms with Crippen molar-refractivity contribution in [3.05, 3.63) is 92.5 Å². The molecule has 5 aliphatic heterocycles. The Balaban J connectivity index is 0.779. The number of amides is 2. The number of rotatable bonds is 5. The lowest BCUT2D eigenvalue weighted by Crippen LogP contribution is -2.45. The first-order valence-electron chi connectivity index (χ1n) is 21.0. The zero-order chi connectivity index (χ0) is 39.1. The maximum atomic E-state index is 15.3. The number of aromatic nitrogens is 2. The van der Waals surface area contributed by atoms with Gasteiger partial charge in [0.15, 0.2) is 11.6 Å². The Morgan fingerprint density at radius 2 is 1.56 bits per heavy atom. The van der Waals surface area contributed by atoms with E-state index < -0.39 is 29.1 Å². The van der Waals surface area contributed by atoms with Crippen LogP contribution in [-0.2, 0) is 19.7 Å². The molecule has 4 saturated heterocycles. The molecule has 10 rings (SSSR count). The van der Waals surface area contributed by atoms with E-state index in [0.29, 0.717) is 52.3 Å². The van der Waals surface area contributed by atoms with E-state index in [1.807, 2.05) is 17.0 Å². The van der Waals surface area contributed by atoms with Gasteiger partial charge in [-0.05, 0) is 118 Å². The summed E-state index contributed by atoms with van der Waals surface area (Å²) >= 11 is 6.56. The molecular weight excluding hydrogens is 748 g/mol. The summed E-state index contributed by atoms with van der Waals surface area (Å²) in [6.07, 6.45) is 10.8. The Bertz CT molecular complexity index is 2310. The van der Waals surface area contributed by atoms with Crippen molar-refractivity contribution < 1.29 is 23.1 Å². The molecule has 1 aromatic heterocycles. The second-order valence-electron chi connectivity index (χ2n) is 17.5. The summed E-state index contributed by atoms with van der Waals surface area (Å²) in [4.78, 5) is 48.1. The van der Waals surface area contributed by atoms with Crippen LogP contribution in [0.25, 0.3) is 16.6 Å². The Morgan fingerprint density at radius 1 is 0.842 bits per heavy atom. The van der Waals surface area contributed by atoms with Crippen molar-refractivity contribution >= 4 is 45.7 Å². The predicted molar refractivity (Wildman–Crippen MR) is 216 cm³/mol. The van der Waals surface area contributed by atoms with E-state index >= 15 is 8.78 Å². The molecular formula is C45H48ClF2N5O4. The van der Waals surface area contributed by atoms with Crippen molar-refractivity contribution in [1.82, 2.24) is 14.5 Å². The summed E-state index contributed by atoms with van der Waals surface area (Å²) in [6.45, 7) is 5.02. The third-order valence-corrected chi connectivity index (χ3v) is 14.5. The van der Waals surface area contributed by atoms with Gasteiger partial charge < -0.3 is 14.5 Å². The molecule has 0 radical (unpaired) electrons. The SMILES string of the molecule is O=C1CCCC(=O)N1c1c(F)cc(N2CCC3(CC2)CC(CN2CCC(c4ccc5c(c4)C4(CCCCC4)c4nc(=O)c6c(Cl)cccc6n4-5)CC2)CO3)cc1F.